The molecule has 1 aromatic heterocycles. The van der Waals surface area contributed by atoms with Crippen molar-refractivity contribution in [2.75, 3.05) is 0 Å². The van der Waals surface area contributed by atoms with E-state index in [0.717, 1.165) is 16.7 Å². The van der Waals surface area contributed by atoms with E-state index < -0.39 is 0 Å². The van der Waals surface area contributed by atoms with E-state index in [1.54, 1.807) is 6.92 Å². The molecule has 4 heteroatoms. The first kappa shape index (κ1) is 13.5. The third-order valence-corrected chi connectivity index (χ3v) is 7.37. The summed E-state index contributed by atoms with van der Waals surface area (Å²) in [5.74, 6) is 0.103. The minimum absolute atomic E-state index is 0.103. The summed E-state index contributed by atoms with van der Waals surface area (Å²) in [5, 5.41) is 2.60. The Bertz CT molecular complexity index is 1000. The zero-order valence-corrected chi connectivity index (χ0v) is 14.5. The summed E-state index contributed by atoms with van der Waals surface area (Å²) in [7, 11) is 0.422. The summed E-state index contributed by atoms with van der Waals surface area (Å²) < 4.78 is 5.78. The molecule has 0 saturated carbocycles. The first-order valence-electron chi connectivity index (χ1n) is 7.24. The van der Waals surface area contributed by atoms with Crippen LogP contribution in [0.5, 0.6) is 0 Å². The van der Waals surface area contributed by atoms with Gasteiger partial charge in [-0.2, -0.15) is 0 Å². The summed E-state index contributed by atoms with van der Waals surface area (Å²) in [4.78, 5) is 12.9. The molecule has 0 saturated heterocycles. The molecule has 1 heterocycles. The number of hydrogen-bond donors (Lipinski definition) is 0. The zero-order valence-electron chi connectivity index (χ0n) is 12.2. The van der Waals surface area contributed by atoms with Gasteiger partial charge in [-0.25, -0.2) is 0 Å². The van der Waals surface area contributed by atoms with Crippen molar-refractivity contribution >= 4 is 44.6 Å². The second-order valence-corrected chi connectivity index (χ2v) is 8.67. The number of rotatable bonds is 2. The van der Waals surface area contributed by atoms with Gasteiger partial charge in [0.2, 0.25) is 0 Å². The lowest BCUT2D eigenvalue weighted by molar-refractivity contribution is 0.101. The maximum atomic E-state index is 11.4. The Morgan fingerprint density at radius 2 is 1.77 bits per heavy atom. The third kappa shape index (κ3) is 2.12. The first-order valence-corrected chi connectivity index (χ1v) is 11.0. The summed E-state index contributed by atoms with van der Waals surface area (Å²) in [6, 6.07) is 18.6. The molecule has 4 rings (SSSR count). The van der Waals surface area contributed by atoms with Gasteiger partial charge in [-0.1, -0.05) is 48.5 Å². The third-order valence-electron chi connectivity index (χ3n) is 4.10. The van der Waals surface area contributed by atoms with Gasteiger partial charge >= 0.3 is 0 Å². The van der Waals surface area contributed by atoms with Crippen molar-refractivity contribution in [3.8, 4) is 11.1 Å². The monoisotopic (exact) mass is 318 g/mol. The van der Waals surface area contributed by atoms with Gasteiger partial charge in [-0.15, -0.1) is 0 Å². The highest BCUT2D eigenvalue weighted by Gasteiger charge is 2.08. The van der Waals surface area contributed by atoms with Crippen LogP contribution in [0.4, 0.5) is 0 Å². The Labute approximate surface area is 132 Å². The van der Waals surface area contributed by atoms with Crippen LogP contribution in [0.3, 0.4) is 0 Å². The van der Waals surface area contributed by atoms with E-state index in [0.29, 0.717) is 0 Å². The maximum absolute atomic E-state index is 11.4. The highest BCUT2D eigenvalue weighted by molar-refractivity contribution is 6.84. The molecular weight excluding hydrogens is 304 g/mol. The van der Waals surface area contributed by atoms with E-state index in [-0.39, 0.29) is 23.3 Å². The van der Waals surface area contributed by atoms with E-state index >= 15 is 0 Å². The van der Waals surface area contributed by atoms with Crippen LogP contribution in [0.1, 0.15) is 17.3 Å². The minimum Gasteiger partial charge on any atom is -0.525 e. The summed E-state index contributed by atoms with van der Waals surface area (Å²) in [5.41, 5.74) is 4.21. The van der Waals surface area contributed by atoms with Crippen LogP contribution in [0, 0.1) is 0 Å². The highest BCUT2D eigenvalue weighted by atomic mass is 28.9. The summed E-state index contributed by atoms with van der Waals surface area (Å²) >= 11 is 0. The normalized spacial score (nSPS) is 11.1. The van der Waals surface area contributed by atoms with Gasteiger partial charge < -0.3 is 4.10 Å². The number of hydrogen-bond acceptors (Lipinski definition) is 2. The first-order chi connectivity index (χ1) is 10.7. The molecule has 106 valence electrons. The van der Waals surface area contributed by atoms with Crippen LogP contribution in [-0.4, -0.2) is 23.3 Å². The molecule has 0 unspecified atom stereocenters. The van der Waals surface area contributed by atoms with Gasteiger partial charge in [-0.05, 0) is 34.9 Å². The average Bonchev–Trinajstić information content (AvgIpc) is 3.03. The van der Waals surface area contributed by atoms with E-state index in [9.17, 15) is 4.79 Å². The van der Waals surface area contributed by atoms with Gasteiger partial charge in [0.15, 0.2) is 14.7 Å². The molecule has 0 aliphatic rings. The molecule has 0 amide bonds. The van der Waals surface area contributed by atoms with Crippen LogP contribution in [0.25, 0.3) is 32.5 Å². The molecule has 2 nitrogen and oxygen atoms in total. The summed E-state index contributed by atoms with van der Waals surface area (Å²) in [6.45, 7) is 1.60. The van der Waals surface area contributed by atoms with E-state index in [1.807, 2.05) is 24.3 Å². The molecule has 0 aliphatic heterocycles. The summed E-state index contributed by atoms with van der Waals surface area (Å²) in [6.07, 6.45) is 0. The molecule has 0 bridgehead atoms. The maximum Gasteiger partial charge on any atom is 0.195 e. The van der Waals surface area contributed by atoms with Crippen molar-refractivity contribution in [1.29, 1.82) is 0 Å². The predicted molar refractivity (Wildman–Crippen MR) is 94.6 cm³/mol. The number of fused-ring (bicyclic) bond motifs is 3. The molecule has 4 aromatic rings. The van der Waals surface area contributed by atoms with Crippen molar-refractivity contribution in [2.45, 2.75) is 6.92 Å². The van der Waals surface area contributed by atoms with E-state index in [2.05, 4.69) is 30.3 Å². The van der Waals surface area contributed by atoms with Crippen molar-refractivity contribution in [3.63, 3.8) is 0 Å². The Kier molecular flexibility index (Phi) is 3.20. The number of benzene rings is 3. The average molecular weight is 318 g/mol. The standard InChI is InChI=1S/C18H14O2Si2/c1-11(19)12-5-7-13(8-6-12)14-3-2-4-16-15(14)9-10-17-18(16)21-22-20-17/h2-10,21-22H,1H3. The number of Topliss-reactive ketones (excluding diaryl/α,β-unsaturated/α-hetero) is 1. The highest BCUT2D eigenvalue weighted by Crippen LogP contribution is 2.32. The molecule has 22 heavy (non-hydrogen) atoms. The van der Waals surface area contributed by atoms with Gasteiger partial charge in [0.25, 0.3) is 0 Å². The SMILES string of the molecule is CC(=O)c1ccc(-c2cccc3c2ccc2o[siH][siH]c23)cc1. The molecule has 0 radical (unpaired) electrons. The van der Waals surface area contributed by atoms with Crippen molar-refractivity contribution in [1.82, 2.24) is 0 Å². The largest absolute Gasteiger partial charge is 0.525 e. The fourth-order valence-electron chi connectivity index (χ4n) is 2.95. The van der Waals surface area contributed by atoms with Gasteiger partial charge in [0.05, 0.1) is 8.62 Å². The Hall–Kier alpha value is -2.18. The lowest BCUT2D eigenvalue weighted by atomic mass is 9.97. The van der Waals surface area contributed by atoms with Crippen LogP contribution in [0.15, 0.2) is 58.7 Å². The molecular formula is C18H14O2Si2. The quantitative estimate of drug-likeness (QED) is 0.417. The van der Waals surface area contributed by atoms with Crippen LogP contribution < -0.4 is 0 Å². The smallest absolute Gasteiger partial charge is 0.195 e. The van der Waals surface area contributed by atoms with Crippen LogP contribution >= 0.6 is 0 Å². The van der Waals surface area contributed by atoms with Crippen molar-refractivity contribution in [2.24, 2.45) is 0 Å². The second-order valence-electron chi connectivity index (χ2n) is 5.43. The van der Waals surface area contributed by atoms with E-state index in [1.165, 1.54) is 21.3 Å². The van der Waals surface area contributed by atoms with Crippen LogP contribution in [0.2, 0.25) is 0 Å². The number of carbonyl (C=O) groups is 1. The van der Waals surface area contributed by atoms with Gasteiger partial charge in [-0.3, -0.25) is 4.79 Å². The molecule has 0 spiro atoms. The van der Waals surface area contributed by atoms with Gasteiger partial charge in [0, 0.05) is 10.6 Å². The lowest BCUT2D eigenvalue weighted by Gasteiger charge is -2.08. The van der Waals surface area contributed by atoms with E-state index in [4.69, 9.17) is 4.10 Å². The van der Waals surface area contributed by atoms with Gasteiger partial charge in [0.1, 0.15) is 5.58 Å². The fraction of sp³-hybridized carbons (Fsp3) is 0.0556. The number of ketones is 1. The molecule has 3 aromatic carbocycles. The second kappa shape index (κ2) is 5.23. The lowest BCUT2D eigenvalue weighted by Crippen LogP contribution is -1.91. The molecule has 0 aliphatic carbocycles. The zero-order chi connectivity index (χ0) is 15.1. The molecule has 0 fully saturated rings. The fourth-order valence-corrected chi connectivity index (χ4v) is 6.48. The van der Waals surface area contributed by atoms with Crippen molar-refractivity contribution in [3.05, 3.63) is 60.2 Å². The number of carbonyl (C=O) groups excluding carboxylic acids is 1. The predicted octanol–water partition coefficient (Wildman–Crippen LogP) is 3.60. The minimum atomic E-state index is 0.103. The topological polar surface area (TPSA) is 30.2 Å². The Morgan fingerprint density at radius 3 is 2.55 bits per heavy atom. The Balaban J connectivity index is 1.96. The molecule has 0 N–H and O–H groups in total. The molecule has 0 atom stereocenters. The van der Waals surface area contributed by atoms with Crippen LogP contribution in [-0.2, 0) is 0 Å². The van der Waals surface area contributed by atoms with Crippen molar-refractivity contribution < 1.29 is 8.89 Å². The Morgan fingerprint density at radius 1 is 0.955 bits per heavy atom.